The number of hydrogen-bond acceptors (Lipinski definition) is 6. The number of aromatic nitrogens is 4. The minimum absolute atomic E-state index is 0.120. The first-order valence-corrected chi connectivity index (χ1v) is 7.08. The van der Waals surface area contributed by atoms with Gasteiger partial charge < -0.3 is 5.32 Å². The molecule has 0 aromatic carbocycles. The van der Waals surface area contributed by atoms with E-state index >= 15 is 0 Å². The highest BCUT2D eigenvalue weighted by molar-refractivity contribution is 7.89. The van der Waals surface area contributed by atoms with E-state index in [4.69, 9.17) is 0 Å². The van der Waals surface area contributed by atoms with Crippen molar-refractivity contribution in [2.24, 2.45) is 0 Å². The fraction of sp³-hybridized carbons (Fsp3) is 0.300. The second-order valence-corrected chi connectivity index (χ2v) is 5.42. The molecule has 0 saturated heterocycles. The summed E-state index contributed by atoms with van der Waals surface area (Å²) in [4.78, 5) is 8.00. The van der Waals surface area contributed by atoms with E-state index in [9.17, 15) is 8.42 Å². The highest BCUT2D eigenvalue weighted by atomic mass is 32.2. The Hall–Kier alpha value is -2.00. The summed E-state index contributed by atoms with van der Waals surface area (Å²) >= 11 is 0. The van der Waals surface area contributed by atoms with Crippen molar-refractivity contribution >= 4 is 15.8 Å². The van der Waals surface area contributed by atoms with E-state index in [1.807, 2.05) is 0 Å². The summed E-state index contributed by atoms with van der Waals surface area (Å²) in [5, 5.41) is 9.10. The molecule has 0 aliphatic heterocycles. The van der Waals surface area contributed by atoms with Crippen LogP contribution in [0.5, 0.6) is 0 Å². The van der Waals surface area contributed by atoms with Crippen LogP contribution in [0.1, 0.15) is 5.82 Å². The number of rotatable bonds is 6. The van der Waals surface area contributed by atoms with Gasteiger partial charge in [0, 0.05) is 26.2 Å². The van der Waals surface area contributed by atoms with Gasteiger partial charge in [-0.2, -0.15) is 5.10 Å². The second kappa shape index (κ2) is 5.76. The van der Waals surface area contributed by atoms with Crippen LogP contribution in [0.15, 0.2) is 29.6 Å². The molecule has 0 aliphatic carbocycles. The predicted octanol–water partition coefficient (Wildman–Crippen LogP) is -0.238. The molecule has 102 valence electrons. The zero-order valence-electron chi connectivity index (χ0n) is 10.3. The Morgan fingerprint density at radius 3 is 2.89 bits per heavy atom. The lowest BCUT2D eigenvalue weighted by Crippen LogP contribution is -2.27. The van der Waals surface area contributed by atoms with Crippen LogP contribution in [0, 0.1) is 0 Å². The number of sulfonamides is 1. The first-order valence-electron chi connectivity index (χ1n) is 5.60. The highest BCUT2D eigenvalue weighted by Crippen LogP contribution is 2.16. The summed E-state index contributed by atoms with van der Waals surface area (Å²) in [6, 6.07) is 3.07. The van der Waals surface area contributed by atoms with Crippen molar-refractivity contribution in [2.45, 2.75) is 11.3 Å². The molecule has 8 nitrogen and oxygen atoms in total. The van der Waals surface area contributed by atoms with Crippen LogP contribution in [0.25, 0.3) is 0 Å². The van der Waals surface area contributed by atoms with Crippen LogP contribution in [0.2, 0.25) is 0 Å². The molecule has 9 heteroatoms. The molecule has 0 amide bonds. The number of nitrogens with zero attached hydrogens (tertiary/aromatic N) is 3. The van der Waals surface area contributed by atoms with E-state index in [-0.39, 0.29) is 11.4 Å². The van der Waals surface area contributed by atoms with E-state index in [2.05, 4.69) is 30.2 Å². The molecule has 0 radical (unpaired) electrons. The molecule has 3 N–H and O–H groups in total. The molecule has 0 aliphatic rings. The second-order valence-electron chi connectivity index (χ2n) is 3.68. The van der Waals surface area contributed by atoms with Gasteiger partial charge >= 0.3 is 0 Å². The van der Waals surface area contributed by atoms with E-state index in [1.54, 1.807) is 13.1 Å². The number of H-pyrrole nitrogens is 1. The normalized spacial score (nSPS) is 11.4. The summed E-state index contributed by atoms with van der Waals surface area (Å²) in [6.45, 7) is 0.232. The van der Waals surface area contributed by atoms with Crippen molar-refractivity contribution in [2.75, 3.05) is 18.9 Å². The first kappa shape index (κ1) is 13.4. The fourth-order valence-corrected chi connectivity index (χ4v) is 2.72. The first-order chi connectivity index (χ1) is 9.13. The van der Waals surface area contributed by atoms with Gasteiger partial charge in [0.05, 0.1) is 0 Å². The minimum atomic E-state index is -3.59. The summed E-state index contributed by atoms with van der Waals surface area (Å²) < 4.78 is 26.7. The van der Waals surface area contributed by atoms with E-state index in [1.165, 1.54) is 18.6 Å². The maximum atomic E-state index is 12.1. The van der Waals surface area contributed by atoms with Crippen LogP contribution >= 0.6 is 0 Å². The third kappa shape index (κ3) is 3.26. The van der Waals surface area contributed by atoms with Gasteiger partial charge in [0.25, 0.3) is 0 Å². The fourth-order valence-electron chi connectivity index (χ4n) is 1.53. The molecule has 0 bridgehead atoms. The predicted molar refractivity (Wildman–Crippen MR) is 69.1 cm³/mol. The lowest BCUT2D eigenvalue weighted by atomic mass is 10.4. The van der Waals surface area contributed by atoms with Gasteiger partial charge in [-0.05, 0) is 12.1 Å². The topological polar surface area (TPSA) is 113 Å². The Kier molecular flexibility index (Phi) is 4.07. The van der Waals surface area contributed by atoms with Crippen LogP contribution in [-0.4, -0.2) is 42.2 Å². The maximum Gasteiger partial charge on any atom is 0.244 e. The molecular formula is C10H14N6O2S. The quantitative estimate of drug-likeness (QED) is 0.674. The van der Waals surface area contributed by atoms with Gasteiger partial charge in [0.15, 0.2) is 0 Å². The van der Waals surface area contributed by atoms with Crippen molar-refractivity contribution in [3.63, 3.8) is 0 Å². The van der Waals surface area contributed by atoms with Gasteiger partial charge in [-0.25, -0.2) is 23.1 Å². The SMILES string of the molecule is CNc1ncccc1S(=O)(=O)NCCc1ncn[nH]1. The molecule has 2 aromatic rings. The molecule has 19 heavy (non-hydrogen) atoms. The lowest BCUT2D eigenvalue weighted by molar-refractivity contribution is 0.581. The molecule has 2 aromatic heterocycles. The smallest absolute Gasteiger partial charge is 0.244 e. The number of anilines is 1. The standard InChI is InChI=1S/C10H14N6O2S/c1-11-10-8(3-2-5-12-10)19(17,18)15-6-4-9-13-7-14-16-9/h2-3,5,7,15H,4,6H2,1H3,(H,11,12)(H,13,14,16). The summed E-state index contributed by atoms with van der Waals surface area (Å²) in [5.41, 5.74) is 0. The Morgan fingerprint density at radius 2 is 2.21 bits per heavy atom. The van der Waals surface area contributed by atoms with Gasteiger partial charge in [0.2, 0.25) is 10.0 Å². The Labute approximate surface area is 110 Å². The highest BCUT2D eigenvalue weighted by Gasteiger charge is 2.18. The van der Waals surface area contributed by atoms with Crippen molar-refractivity contribution < 1.29 is 8.42 Å². The Bertz CT molecular complexity index is 625. The van der Waals surface area contributed by atoms with Gasteiger partial charge in [-0.15, -0.1) is 0 Å². The molecule has 2 rings (SSSR count). The third-order valence-electron chi connectivity index (χ3n) is 2.42. The largest absolute Gasteiger partial charge is 0.372 e. The van der Waals surface area contributed by atoms with Crippen LogP contribution in [0.4, 0.5) is 5.82 Å². The van der Waals surface area contributed by atoms with Crippen LogP contribution < -0.4 is 10.0 Å². The van der Waals surface area contributed by atoms with E-state index in [0.717, 1.165) is 0 Å². The molecular weight excluding hydrogens is 268 g/mol. The average molecular weight is 282 g/mol. The number of pyridine rings is 1. The maximum absolute atomic E-state index is 12.1. The van der Waals surface area contributed by atoms with Gasteiger partial charge in [0.1, 0.15) is 22.9 Å². The number of nitrogens with one attached hydrogen (secondary N) is 3. The summed E-state index contributed by atoms with van der Waals surface area (Å²) in [7, 11) is -1.97. The zero-order chi connectivity index (χ0) is 13.7. The number of aromatic amines is 1. The van der Waals surface area contributed by atoms with Gasteiger partial charge in [-0.1, -0.05) is 0 Å². The minimum Gasteiger partial charge on any atom is -0.372 e. The van der Waals surface area contributed by atoms with Gasteiger partial charge in [-0.3, -0.25) is 5.10 Å². The van der Waals surface area contributed by atoms with E-state index < -0.39 is 10.0 Å². The lowest BCUT2D eigenvalue weighted by Gasteiger charge is -2.09. The molecule has 0 atom stereocenters. The van der Waals surface area contributed by atoms with Crippen molar-refractivity contribution in [3.05, 3.63) is 30.5 Å². The molecule has 2 heterocycles. The molecule has 0 unspecified atom stereocenters. The Balaban J connectivity index is 2.05. The van der Waals surface area contributed by atoms with E-state index in [0.29, 0.717) is 18.1 Å². The van der Waals surface area contributed by atoms with Crippen molar-refractivity contribution in [3.8, 4) is 0 Å². The monoisotopic (exact) mass is 282 g/mol. The summed E-state index contributed by atoms with van der Waals surface area (Å²) in [5.74, 6) is 0.942. The number of hydrogen-bond donors (Lipinski definition) is 3. The summed E-state index contributed by atoms with van der Waals surface area (Å²) in [6.07, 6.45) is 3.35. The zero-order valence-corrected chi connectivity index (χ0v) is 11.1. The third-order valence-corrected chi connectivity index (χ3v) is 3.91. The van der Waals surface area contributed by atoms with Crippen LogP contribution in [0.3, 0.4) is 0 Å². The Morgan fingerprint density at radius 1 is 1.37 bits per heavy atom. The molecule has 0 spiro atoms. The van der Waals surface area contributed by atoms with Crippen molar-refractivity contribution in [1.29, 1.82) is 0 Å². The van der Waals surface area contributed by atoms with Crippen LogP contribution in [-0.2, 0) is 16.4 Å². The molecule has 0 saturated carbocycles. The average Bonchev–Trinajstić information content (AvgIpc) is 2.91. The molecule has 0 fully saturated rings. The van der Waals surface area contributed by atoms with Crippen molar-refractivity contribution in [1.82, 2.24) is 24.9 Å².